The van der Waals surface area contributed by atoms with E-state index in [0.29, 0.717) is 23.7 Å². The summed E-state index contributed by atoms with van der Waals surface area (Å²) in [6.45, 7) is 4.43. The number of carbonyl (C=O) groups excluding carboxylic acids is 2. The lowest BCUT2D eigenvalue weighted by Gasteiger charge is -2.24. The number of halogens is 1. The lowest BCUT2D eigenvalue weighted by molar-refractivity contribution is -0.151. The molecule has 4 rings (SSSR count). The summed E-state index contributed by atoms with van der Waals surface area (Å²) in [5, 5.41) is 16.2. The minimum absolute atomic E-state index is 0.0274. The van der Waals surface area contributed by atoms with Crippen molar-refractivity contribution < 1.29 is 28.6 Å². The number of rotatable bonds is 8. The molecule has 1 aliphatic carbocycles. The van der Waals surface area contributed by atoms with E-state index in [0.717, 1.165) is 25.7 Å². The highest BCUT2D eigenvalue weighted by Gasteiger charge is 2.55. The average molecular weight is 507 g/mol. The smallest absolute Gasteiger partial charge is 0.306 e. The van der Waals surface area contributed by atoms with E-state index in [1.54, 1.807) is 20.9 Å². The Morgan fingerprint density at radius 3 is 2.69 bits per heavy atom. The number of hydrogen-bond acceptors (Lipinski definition) is 9. The molecule has 0 spiro atoms. The van der Waals surface area contributed by atoms with Gasteiger partial charge in [-0.05, 0) is 25.7 Å². The van der Waals surface area contributed by atoms with Crippen molar-refractivity contribution >= 4 is 34.8 Å². The summed E-state index contributed by atoms with van der Waals surface area (Å²) in [5.74, 6) is -0.267. The zero-order chi connectivity index (χ0) is 26.0. The maximum absolute atomic E-state index is 15.8. The lowest BCUT2D eigenvalue weighted by Crippen LogP contribution is -2.41. The first-order valence-corrected chi connectivity index (χ1v) is 12.5. The van der Waals surface area contributed by atoms with Gasteiger partial charge in [-0.1, -0.05) is 33.1 Å². The van der Waals surface area contributed by atoms with E-state index in [1.807, 2.05) is 0 Å². The van der Waals surface area contributed by atoms with Crippen LogP contribution in [0.15, 0.2) is 6.33 Å². The Hall–Kier alpha value is -2.86. The number of aliphatic hydroxyl groups is 1. The van der Waals surface area contributed by atoms with Gasteiger partial charge in [0.15, 0.2) is 28.9 Å². The summed E-state index contributed by atoms with van der Waals surface area (Å²) in [4.78, 5) is 37.5. The number of imidazole rings is 1. The van der Waals surface area contributed by atoms with Crippen LogP contribution >= 0.6 is 0 Å². The molecule has 2 fully saturated rings. The first-order chi connectivity index (χ1) is 17.1. The number of anilines is 2. The average Bonchev–Trinajstić information content (AvgIpc) is 3.36. The monoisotopic (exact) mass is 506 g/mol. The third kappa shape index (κ3) is 5.29. The molecule has 0 aromatic carbocycles. The highest BCUT2D eigenvalue weighted by atomic mass is 19.1. The zero-order valence-corrected chi connectivity index (χ0v) is 21.2. The molecule has 0 bridgehead atoms. The highest BCUT2D eigenvalue weighted by molar-refractivity contribution is 5.92. The summed E-state index contributed by atoms with van der Waals surface area (Å²) in [5.41, 5.74) is -1.68. The predicted molar refractivity (Wildman–Crippen MR) is 130 cm³/mol. The van der Waals surface area contributed by atoms with Gasteiger partial charge in [0.2, 0.25) is 11.9 Å². The van der Waals surface area contributed by atoms with Gasteiger partial charge in [0.25, 0.3) is 0 Å². The van der Waals surface area contributed by atoms with E-state index in [4.69, 9.17) is 9.47 Å². The van der Waals surface area contributed by atoms with Crippen molar-refractivity contribution in [3.05, 3.63) is 6.33 Å². The second-order valence-electron chi connectivity index (χ2n) is 10.1. The molecule has 1 saturated carbocycles. The zero-order valence-electron chi connectivity index (χ0n) is 21.2. The first-order valence-electron chi connectivity index (χ1n) is 12.5. The summed E-state index contributed by atoms with van der Waals surface area (Å²) in [7, 11) is 1.64. The molecule has 0 unspecified atom stereocenters. The van der Waals surface area contributed by atoms with Crippen LogP contribution in [0.4, 0.5) is 16.2 Å². The predicted octanol–water partition coefficient (Wildman–Crippen LogP) is 2.96. The van der Waals surface area contributed by atoms with E-state index in [9.17, 15) is 14.7 Å². The molecular formula is C24H35FN6O5. The van der Waals surface area contributed by atoms with Crippen molar-refractivity contribution in [3.63, 3.8) is 0 Å². The van der Waals surface area contributed by atoms with E-state index in [1.165, 1.54) is 24.2 Å². The van der Waals surface area contributed by atoms with Crippen molar-refractivity contribution in [1.29, 1.82) is 0 Å². The molecule has 4 atom stereocenters. The van der Waals surface area contributed by atoms with Crippen LogP contribution in [0.2, 0.25) is 0 Å². The number of esters is 1. The highest BCUT2D eigenvalue weighted by Crippen LogP contribution is 2.43. The van der Waals surface area contributed by atoms with Gasteiger partial charge in [-0.2, -0.15) is 9.97 Å². The lowest BCUT2D eigenvalue weighted by atomic mass is 9.87. The summed E-state index contributed by atoms with van der Waals surface area (Å²) >= 11 is 0. The molecule has 1 aliphatic heterocycles. The molecule has 12 heteroatoms. The summed E-state index contributed by atoms with van der Waals surface area (Å²) < 4.78 is 28.4. The van der Waals surface area contributed by atoms with E-state index in [2.05, 4.69) is 25.6 Å². The van der Waals surface area contributed by atoms with Gasteiger partial charge in [-0.25, -0.2) is 9.37 Å². The normalized spacial score (nSPS) is 26.9. The molecule has 1 amide bonds. The number of aliphatic hydroxyl groups excluding tert-OH is 1. The van der Waals surface area contributed by atoms with E-state index in [-0.39, 0.29) is 36.0 Å². The van der Waals surface area contributed by atoms with Crippen LogP contribution in [-0.4, -0.2) is 68.0 Å². The summed E-state index contributed by atoms with van der Waals surface area (Å²) in [6, 6.07) is 0. The van der Waals surface area contributed by atoms with Crippen LogP contribution in [0, 0.1) is 11.8 Å². The molecule has 11 nitrogen and oxygen atoms in total. The van der Waals surface area contributed by atoms with Crippen molar-refractivity contribution in [2.24, 2.45) is 11.8 Å². The van der Waals surface area contributed by atoms with E-state index >= 15 is 4.39 Å². The molecular weight excluding hydrogens is 471 g/mol. The second-order valence-corrected chi connectivity index (χ2v) is 10.1. The minimum Gasteiger partial charge on any atom is -0.463 e. The summed E-state index contributed by atoms with van der Waals surface area (Å²) in [6.07, 6.45) is 3.19. The Labute approximate surface area is 209 Å². The standard InChI is InChI=1S/C24H35FN6O5/c1-13(2)21(34)30-23-28-19(26-4)17-20(29-23)31(12-27-17)22-24(3,25)18(33)15(36-22)11-35-16(32)10-14-8-6-5-7-9-14/h12-15,18,22,33H,5-11H2,1-4H3,(H2,26,28,29,30,34)/t15-,18-,22-,24-/m1/s1. The molecule has 2 aromatic heterocycles. The second kappa shape index (κ2) is 10.6. The third-order valence-corrected chi connectivity index (χ3v) is 6.98. The Kier molecular flexibility index (Phi) is 7.74. The molecule has 1 saturated heterocycles. The van der Waals surface area contributed by atoms with Gasteiger partial charge >= 0.3 is 5.97 Å². The van der Waals surface area contributed by atoms with Crippen molar-refractivity contribution in [2.45, 2.75) is 83.4 Å². The van der Waals surface area contributed by atoms with E-state index < -0.39 is 24.1 Å². The Morgan fingerprint density at radius 2 is 2.03 bits per heavy atom. The number of aromatic nitrogens is 4. The van der Waals surface area contributed by atoms with Gasteiger partial charge in [-0.15, -0.1) is 0 Å². The minimum atomic E-state index is -2.24. The molecule has 36 heavy (non-hydrogen) atoms. The molecule has 3 N–H and O–H groups in total. The van der Waals surface area contributed by atoms with Crippen LogP contribution in [0.3, 0.4) is 0 Å². The van der Waals surface area contributed by atoms with Gasteiger partial charge in [0.05, 0.1) is 6.33 Å². The SMILES string of the molecule is CNc1nc(NC(=O)C(C)C)nc2c1ncn2[C@@H]1O[C@H](COC(=O)CC2CCCCC2)[C@@H](O)[C@@]1(C)F. The van der Waals surface area contributed by atoms with Crippen LogP contribution in [0.25, 0.3) is 11.2 Å². The fourth-order valence-electron chi connectivity index (χ4n) is 4.78. The molecule has 2 aromatic rings. The van der Waals surface area contributed by atoms with Crippen LogP contribution < -0.4 is 10.6 Å². The first kappa shape index (κ1) is 26.2. The molecule has 0 radical (unpaired) electrons. The number of nitrogens with zero attached hydrogens (tertiary/aromatic N) is 4. The maximum atomic E-state index is 15.8. The number of hydrogen-bond donors (Lipinski definition) is 3. The Balaban J connectivity index is 1.52. The molecule has 3 heterocycles. The number of fused-ring (bicyclic) bond motifs is 1. The maximum Gasteiger partial charge on any atom is 0.306 e. The number of nitrogens with one attached hydrogen (secondary N) is 2. The number of carbonyl (C=O) groups is 2. The van der Waals surface area contributed by atoms with Crippen LogP contribution in [0.5, 0.6) is 0 Å². The van der Waals surface area contributed by atoms with Gasteiger partial charge < -0.3 is 19.9 Å². The quantitative estimate of drug-likeness (QED) is 0.461. The third-order valence-electron chi connectivity index (χ3n) is 6.98. The van der Waals surface area contributed by atoms with Crippen LogP contribution in [0.1, 0.15) is 65.5 Å². The van der Waals surface area contributed by atoms with Crippen LogP contribution in [-0.2, 0) is 19.1 Å². The van der Waals surface area contributed by atoms with Gasteiger partial charge in [0.1, 0.15) is 18.8 Å². The fraction of sp³-hybridized carbons (Fsp3) is 0.708. The number of alkyl halides is 1. The largest absolute Gasteiger partial charge is 0.463 e. The topological polar surface area (TPSA) is 140 Å². The van der Waals surface area contributed by atoms with Gasteiger partial charge in [-0.3, -0.25) is 19.5 Å². The number of ether oxygens (including phenoxy) is 2. The van der Waals surface area contributed by atoms with Crippen molar-refractivity contribution in [2.75, 3.05) is 24.3 Å². The Bertz CT molecular complexity index is 1100. The molecule has 2 aliphatic rings. The van der Waals surface area contributed by atoms with Gasteiger partial charge in [0, 0.05) is 19.4 Å². The fourth-order valence-corrected chi connectivity index (χ4v) is 4.78. The van der Waals surface area contributed by atoms with Crippen molar-refractivity contribution in [3.8, 4) is 0 Å². The Morgan fingerprint density at radius 1 is 1.31 bits per heavy atom. The van der Waals surface area contributed by atoms with Crippen molar-refractivity contribution in [1.82, 2.24) is 19.5 Å². The number of amides is 1. The molecule has 198 valence electrons.